The number of aliphatic hydroxyl groups is 1. The molecule has 0 radical (unpaired) electrons. The van der Waals surface area contributed by atoms with Gasteiger partial charge in [-0.15, -0.1) is 0 Å². The third kappa shape index (κ3) is 6.56. The Hall–Kier alpha value is -1.65. The highest BCUT2D eigenvalue weighted by Gasteiger charge is 2.14. The molecule has 0 amide bonds. The molecule has 116 valence electrons. The number of carbonyl (C=O) groups is 1. The van der Waals surface area contributed by atoms with Gasteiger partial charge in [0.05, 0.1) is 26.4 Å². The van der Waals surface area contributed by atoms with Crippen LogP contribution in [0.2, 0.25) is 0 Å². The minimum Gasteiger partial charge on any atom is -0.497 e. The number of ether oxygens (including phenoxy) is 2. The molecular weight excluding hydrogens is 268 g/mol. The molecule has 1 aromatic rings. The standard InChI is InChI=1S/C17H24O4/c1-13(14(2)18)17(19)6-4-5-11-21-12-15-7-9-16(20-3)10-8-15/h4,6-10,13,17,19H,5,11-12H2,1-3H3/b6-4+/t13-,17+/m1/s1. The normalized spacial score (nSPS) is 14.1. The molecule has 0 aliphatic heterocycles. The van der Waals surface area contributed by atoms with Gasteiger partial charge in [-0.1, -0.05) is 31.2 Å². The number of carbonyl (C=O) groups excluding carboxylic acids is 1. The van der Waals surface area contributed by atoms with Gasteiger partial charge in [-0.05, 0) is 31.0 Å². The Morgan fingerprint density at radius 3 is 2.57 bits per heavy atom. The average Bonchev–Trinajstić information content (AvgIpc) is 2.50. The van der Waals surface area contributed by atoms with Crippen LogP contribution >= 0.6 is 0 Å². The molecule has 0 aromatic heterocycles. The van der Waals surface area contributed by atoms with Crippen LogP contribution in [0.5, 0.6) is 5.75 Å². The van der Waals surface area contributed by atoms with Gasteiger partial charge in [0.15, 0.2) is 0 Å². The first-order chi connectivity index (χ1) is 10.0. The Morgan fingerprint density at radius 2 is 2.00 bits per heavy atom. The average molecular weight is 292 g/mol. The van der Waals surface area contributed by atoms with E-state index in [2.05, 4.69) is 0 Å². The molecule has 0 aliphatic rings. The number of aliphatic hydroxyl groups excluding tert-OH is 1. The van der Waals surface area contributed by atoms with Crippen molar-refractivity contribution in [2.45, 2.75) is 33.0 Å². The van der Waals surface area contributed by atoms with Crippen molar-refractivity contribution >= 4 is 5.78 Å². The predicted octanol–water partition coefficient (Wildman–Crippen LogP) is 2.74. The Balaban J connectivity index is 2.20. The molecule has 2 atom stereocenters. The molecule has 0 unspecified atom stereocenters. The molecule has 0 bridgehead atoms. The summed E-state index contributed by atoms with van der Waals surface area (Å²) < 4.78 is 10.6. The highest BCUT2D eigenvalue weighted by atomic mass is 16.5. The van der Waals surface area contributed by atoms with Crippen molar-refractivity contribution < 1.29 is 19.4 Å². The van der Waals surface area contributed by atoms with E-state index in [4.69, 9.17) is 9.47 Å². The van der Waals surface area contributed by atoms with E-state index in [0.717, 1.165) is 11.3 Å². The summed E-state index contributed by atoms with van der Waals surface area (Å²) in [6, 6.07) is 7.73. The Kier molecular flexibility index (Phi) is 7.72. The summed E-state index contributed by atoms with van der Waals surface area (Å²) in [5, 5.41) is 9.71. The van der Waals surface area contributed by atoms with Gasteiger partial charge in [0, 0.05) is 5.92 Å². The topological polar surface area (TPSA) is 55.8 Å². The van der Waals surface area contributed by atoms with Crippen LogP contribution in [0.4, 0.5) is 0 Å². The SMILES string of the molecule is COc1ccc(COCC/C=C/[C@H](O)[C@H](C)C(C)=O)cc1. The van der Waals surface area contributed by atoms with Gasteiger partial charge in [-0.3, -0.25) is 4.79 Å². The fourth-order valence-corrected chi connectivity index (χ4v) is 1.71. The van der Waals surface area contributed by atoms with Crippen molar-refractivity contribution in [3.05, 3.63) is 42.0 Å². The summed E-state index contributed by atoms with van der Waals surface area (Å²) in [5.74, 6) is 0.458. The monoisotopic (exact) mass is 292 g/mol. The van der Waals surface area contributed by atoms with Gasteiger partial charge in [-0.25, -0.2) is 0 Å². The van der Waals surface area contributed by atoms with Crippen molar-refractivity contribution in [3.63, 3.8) is 0 Å². The minimum atomic E-state index is -0.718. The Morgan fingerprint density at radius 1 is 1.33 bits per heavy atom. The number of hydrogen-bond acceptors (Lipinski definition) is 4. The Labute approximate surface area is 126 Å². The van der Waals surface area contributed by atoms with E-state index in [9.17, 15) is 9.90 Å². The molecule has 0 aliphatic carbocycles. The summed E-state index contributed by atoms with van der Waals surface area (Å²) in [4.78, 5) is 11.1. The first-order valence-electron chi connectivity index (χ1n) is 7.10. The maximum absolute atomic E-state index is 11.1. The molecule has 21 heavy (non-hydrogen) atoms. The first kappa shape index (κ1) is 17.4. The van der Waals surface area contributed by atoms with Crippen LogP contribution in [-0.2, 0) is 16.1 Å². The molecule has 4 heteroatoms. The number of Topliss-reactive ketones (excluding diaryl/α,β-unsaturated/α-hetero) is 1. The van der Waals surface area contributed by atoms with Crippen molar-refractivity contribution in [2.75, 3.05) is 13.7 Å². The van der Waals surface area contributed by atoms with Crippen molar-refractivity contribution in [2.24, 2.45) is 5.92 Å². The minimum absolute atomic E-state index is 0.0112. The molecular formula is C17H24O4. The van der Waals surface area contributed by atoms with E-state index in [0.29, 0.717) is 19.6 Å². The first-order valence-corrected chi connectivity index (χ1v) is 7.10. The molecule has 1 aromatic carbocycles. The molecule has 0 saturated heterocycles. The summed E-state index contributed by atoms with van der Waals surface area (Å²) in [6.45, 7) is 4.32. The summed E-state index contributed by atoms with van der Waals surface area (Å²) in [6.07, 6.45) is 3.49. The fourth-order valence-electron chi connectivity index (χ4n) is 1.71. The molecule has 0 saturated carbocycles. The highest BCUT2D eigenvalue weighted by molar-refractivity contribution is 5.78. The number of ketones is 1. The largest absolute Gasteiger partial charge is 0.497 e. The molecule has 1 N–H and O–H groups in total. The summed E-state index contributed by atoms with van der Waals surface area (Å²) >= 11 is 0. The van der Waals surface area contributed by atoms with E-state index in [1.807, 2.05) is 30.3 Å². The highest BCUT2D eigenvalue weighted by Crippen LogP contribution is 2.12. The molecule has 0 fully saturated rings. The lowest BCUT2D eigenvalue weighted by atomic mass is 10.0. The molecule has 4 nitrogen and oxygen atoms in total. The van der Waals surface area contributed by atoms with Gasteiger partial charge in [0.1, 0.15) is 11.5 Å². The smallest absolute Gasteiger partial charge is 0.135 e. The van der Waals surface area contributed by atoms with Crippen LogP contribution in [0, 0.1) is 5.92 Å². The van der Waals surface area contributed by atoms with E-state index in [-0.39, 0.29) is 11.7 Å². The van der Waals surface area contributed by atoms with Gasteiger partial charge < -0.3 is 14.6 Å². The van der Waals surface area contributed by atoms with E-state index < -0.39 is 6.10 Å². The predicted molar refractivity (Wildman–Crippen MR) is 82.3 cm³/mol. The van der Waals surface area contributed by atoms with E-state index >= 15 is 0 Å². The van der Waals surface area contributed by atoms with Crippen LogP contribution in [0.25, 0.3) is 0 Å². The second kappa shape index (κ2) is 9.32. The van der Waals surface area contributed by atoms with Crippen molar-refractivity contribution in [3.8, 4) is 5.75 Å². The zero-order valence-electron chi connectivity index (χ0n) is 12.9. The maximum atomic E-state index is 11.1. The molecule has 1 rings (SSSR count). The van der Waals surface area contributed by atoms with Crippen molar-refractivity contribution in [1.29, 1.82) is 0 Å². The third-order valence-corrected chi connectivity index (χ3v) is 3.34. The zero-order chi connectivity index (χ0) is 15.7. The second-order valence-corrected chi connectivity index (χ2v) is 5.01. The zero-order valence-corrected chi connectivity index (χ0v) is 12.9. The lowest BCUT2D eigenvalue weighted by molar-refractivity contribution is -0.122. The maximum Gasteiger partial charge on any atom is 0.135 e. The quantitative estimate of drug-likeness (QED) is 0.561. The second-order valence-electron chi connectivity index (χ2n) is 5.01. The fraction of sp³-hybridized carbons (Fsp3) is 0.471. The number of rotatable bonds is 9. The number of hydrogen-bond donors (Lipinski definition) is 1. The van der Waals surface area contributed by atoms with Crippen LogP contribution < -0.4 is 4.74 Å². The summed E-state index contributed by atoms with van der Waals surface area (Å²) in [7, 11) is 1.64. The third-order valence-electron chi connectivity index (χ3n) is 3.34. The van der Waals surface area contributed by atoms with Crippen LogP contribution in [-0.4, -0.2) is 30.7 Å². The van der Waals surface area contributed by atoms with Crippen molar-refractivity contribution in [1.82, 2.24) is 0 Å². The number of benzene rings is 1. The van der Waals surface area contributed by atoms with Gasteiger partial charge >= 0.3 is 0 Å². The van der Waals surface area contributed by atoms with Crippen LogP contribution in [0.15, 0.2) is 36.4 Å². The van der Waals surface area contributed by atoms with E-state index in [1.54, 1.807) is 20.1 Å². The Bertz CT molecular complexity index is 450. The van der Waals surface area contributed by atoms with Crippen LogP contribution in [0.1, 0.15) is 25.8 Å². The van der Waals surface area contributed by atoms with Crippen LogP contribution in [0.3, 0.4) is 0 Å². The van der Waals surface area contributed by atoms with E-state index in [1.165, 1.54) is 6.92 Å². The molecule has 0 heterocycles. The lowest BCUT2D eigenvalue weighted by Gasteiger charge is -2.11. The summed E-state index contributed by atoms with van der Waals surface area (Å²) in [5.41, 5.74) is 1.09. The molecule has 0 spiro atoms. The van der Waals surface area contributed by atoms with Gasteiger partial charge in [0.2, 0.25) is 0 Å². The number of methoxy groups -OCH3 is 1. The van der Waals surface area contributed by atoms with Gasteiger partial charge in [0.25, 0.3) is 0 Å². The van der Waals surface area contributed by atoms with Gasteiger partial charge in [-0.2, -0.15) is 0 Å². The lowest BCUT2D eigenvalue weighted by Crippen LogP contribution is -2.21.